The summed E-state index contributed by atoms with van der Waals surface area (Å²) >= 11 is 0. The number of rotatable bonds is 5. The second-order valence-electron chi connectivity index (χ2n) is 9.71. The molecule has 0 bridgehead atoms. The van der Waals surface area contributed by atoms with Gasteiger partial charge in [-0.05, 0) is 77.9 Å². The standard InChI is InChI=1S/C30H30N2O2/c1-4-29(2,3)32-26-18-20(14-16-28(26)34)30(19-13-15-27(33)25(31)17-19)23-11-7-5-9-21(23)22-10-6-8-12-24(22)30/h5-18,32-34H,4,31H2,1-3H3. The van der Waals surface area contributed by atoms with Gasteiger partial charge in [-0.2, -0.15) is 0 Å². The summed E-state index contributed by atoms with van der Waals surface area (Å²) in [6.45, 7) is 6.36. The molecular weight excluding hydrogens is 420 g/mol. The highest BCUT2D eigenvalue weighted by Crippen LogP contribution is 2.57. The van der Waals surface area contributed by atoms with E-state index in [1.165, 1.54) is 11.1 Å². The van der Waals surface area contributed by atoms with Crippen molar-refractivity contribution in [1.82, 2.24) is 0 Å². The fraction of sp³-hybridized carbons (Fsp3) is 0.200. The molecule has 4 nitrogen and oxygen atoms in total. The number of anilines is 2. The summed E-state index contributed by atoms with van der Waals surface area (Å²) in [6, 6.07) is 28.1. The van der Waals surface area contributed by atoms with E-state index >= 15 is 0 Å². The fourth-order valence-corrected chi connectivity index (χ4v) is 5.13. The van der Waals surface area contributed by atoms with Crippen LogP contribution in [0.3, 0.4) is 0 Å². The lowest BCUT2D eigenvalue weighted by Gasteiger charge is -2.35. The molecule has 5 N–H and O–H groups in total. The van der Waals surface area contributed by atoms with Gasteiger partial charge in [-0.15, -0.1) is 0 Å². The Hall–Kier alpha value is -3.92. The predicted octanol–water partition coefficient (Wildman–Crippen LogP) is 6.64. The number of phenols is 2. The first-order chi connectivity index (χ1) is 16.3. The van der Waals surface area contributed by atoms with Crippen molar-refractivity contribution >= 4 is 11.4 Å². The van der Waals surface area contributed by atoms with Crippen LogP contribution in [0.25, 0.3) is 11.1 Å². The fourth-order valence-electron chi connectivity index (χ4n) is 5.13. The van der Waals surface area contributed by atoms with Crippen molar-refractivity contribution in [3.8, 4) is 22.6 Å². The molecule has 0 saturated carbocycles. The third kappa shape index (κ3) is 3.21. The van der Waals surface area contributed by atoms with E-state index < -0.39 is 5.41 Å². The number of hydrogen-bond acceptors (Lipinski definition) is 4. The normalized spacial score (nSPS) is 13.9. The number of fused-ring (bicyclic) bond motifs is 3. The van der Waals surface area contributed by atoms with Crippen LogP contribution >= 0.6 is 0 Å². The van der Waals surface area contributed by atoms with Gasteiger partial charge >= 0.3 is 0 Å². The van der Waals surface area contributed by atoms with Gasteiger partial charge in [-0.25, -0.2) is 0 Å². The Morgan fingerprint density at radius 2 is 1.29 bits per heavy atom. The van der Waals surface area contributed by atoms with Crippen LogP contribution in [0.2, 0.25) is 0 Å². The largest absolute Gasteiger partial charge is 0.506 e. The van der Waals surface area contributed by atoms with Gasteiger partial charge in [-0.1, -0.05) is 67.6 Å². The minimum Gasteiger partial charge on any atom is -0.506 e. The van der Waals surface area contributed by atoms with Crippen molar-refractivity contribution in [2.45, 2.75) is 38.1 Å². The summed E-state index contributed by atoms with van der Waals surface area (Å²) in [5.74, 6) is 0.279. The predicted molar refractivity (Wildman–Crippen MR) is 139 cm³/mol. The van der Waals surface area contributed by atoms with Crippen molar-refractivity contribution < 1.29 is 10.2 Å². The maximum atomic E-state index is 10.7. The first-order valence-electron chi connectivity index (χ1n) is 11.7. The Labute approximate surface area is 200 Å². The number of hydrogen-bond donors (Lipinski definition) is 4. The average Bonchev–Trinajstić information content (AvgIpc) is 3.14. The zero-order valence-electron chi connectivity index (χ0n) is 19.8. The zero-order valence-corrected chi connectivity index (χ0v) is 19.8. The monoisotopic (exact) mass is 450 g/mol. The molecule has 5 rings (SSSR count). The van der Waals surface area contributed by atoms with Gasteiger partial charge in [0.05, 0.1) is 16.8 Å². The van der Waals surface area contributed by atoms with Gasteiger partial charge in [-0.3, -0.25) is 0 Å². The van der Waals surface area contributed by atoms with Gasteiger partial charge in [0.25, 0.3) is 0 Å². The number of phenolic OH excluding ortho intramolecular Hbond substituents is 2. The molecule has 0 unspecified atom stereocenters. The molecule has 0 aliphatic heterocycles. The maximum absolute atomic E-state index is 10.7. The molecule has 0 radical (unpaired) electrons. The Morgan fingerprint density at radius 1 is 0.765 bits per heavy atom. The molecule has 0 spiro atoms. The van der Waals surface area contributed by atoms with Gasteiger partial charge in [0.1, 0.15) is 11.5 Å². The number of benzene rings is 4. The summed E-state index contributed by atoms with van der Waals surface area (Å²) < 4.78 is 0. The van der Waals surface area contributed by atoms with E-state index in [1.54, 1.807) is 12.1 Å². The van der Waals surface area contributed by atoms with Crippen LogP contribution in [-0.4, -0.2) is 15.8 Å². The van der Waals surface area contributed by atoms with Crippen molar-refractivity contribution in [1.29, 1.82) is 0 Å². The van der Waals surface area contributed by atoms with E-state index in [2.05, 4.69) is 80.7 Å². The molecule has 0 saturated heterocycles. The number of nitrogen functional groups attached to an aromatic ring is 1. The van der Waals surface area contributed by atoms with E-state index in [4.69, 9.17) is 5.73 Å². The number of nitrogens with one attached hydrogen (secondary N) is 1. The summed E-state index contributed by atoms with van der Waals surface area (Å²) in [4.78, 5) is 0. The highest BCUT2D eigenvalue weighted by molar-refractivity contribution is 5.87. The van der Waals surface area contributed by atoms with Crippen LogP contribution < -0.4 is 11.1 Å². The third-order valence-corrected chi connectivity index (χ3v) is 7.20. The molecule has 0 amide bonds. The first kappa shape index (κ1) is 21.9. The van der Waals surface area contributed by atoms with Gasteiger partial charge < -0.3 is 21.3 Å². The average molecular weight is 451 g/mol. The van der Waals surface area contributed by atoms with Crippen molar-refractivity contribution in [3.63, 3.8) is 0 Å². The minimum absolute atomic E-state index is 0.0659. The second-order valence-corrected chi connectivity index (χ2v) is 9.71. The van der Waals surface area contributed by atoms with E-state index in [1.807, 2.05) is 18.2 Å². The lowest BCUT2D eigenvalue weighted by Crippen LogP contribution is -2.31. The van der Waals surface area contributed by atoms with Gasteiger partial charge in [0, 0.05) is 5.54 Å². The van der Waals surface area contributed by atoms with E-state index in [0.717, 1.165) is 28.7 Å². The van der Waals surface area contributed by atoms with Gasteiger partial charge in [0.2, 0.25) is 0 Å². The molecule has 0 aromatic heterocycles. The van der Waals surface area contributed by atoms with Crippen LogP contribution in [0.4, 0.5) is 11.4 Å². The molecule has 4 heteroatoms. The lowest BCUT2D eigenvalue weighted by molar-refractivity contribution is 0.470. The van der Waals surface area contributed by atoms with E-state index in [9.17, 15) is 10.2 Å². The Kier molecular flexibility index (Phi) is 5.05. The van der Waals surface area contributed by atoms with Crippen molar-refractivity contribution in [2.24, 2.45) is 0 Å². The van der Waals surface area contributed by atoms with Crippen LogP contribution in [0, 0.1) is 0 Å². The van der Waals surface area contributed by atoms with E-state index in [-0.39, 0.29) is 17.0 Å². The number of aromatic hydroxyl groups is 2. The quantitative estimate of drug-likeness (QED) is 0.179. The lowest BCUT2D eigenvalue weighted by atomic mass is 9.67. The van der Waals surface area contributed by atoms with Crippen LogP contribution in [-0.2, 0) is 5.41 Å². The van der Waals surface area contributed by atoms with E-state index in [0.29, 0.717) is 11.4 Å². The molecule has 172 valence electrons. The molecule has 34 heavy (non-hydrogen) atoms. The van der Waals surface area contributed by atoms with Crippen molar-refractivity contribution in [2.75, 3.05) is 11.1 Å². The molecule has 4 aromatic carbocycles. The Bertz CT molecular complexity index is 1340. The van der Waals surface area contributed by atoms with Gasteiger partial charge in [0.15, 0.2) is 0 Å². The second kappa shape index (κ2) is 7.84. The zero-order chi connectivity index (χ0) is 24.1. The smallest absolute Gasteiger partial charge is 0.138 e. The molecule has 1 aliphatic rings. The maximum Gasteiger partial charge on any atom is 0.138 e. The SMILES string of the molecule is CCC(C)(C)Nc1cc(C2(c3ccc(O)c(N)c3)c3ccccc3-c3ccccc32)ccc1O. The highest BCUT2D eigenvalue weighted by Gasteiger charge is 2.46. The summed E-state index contributed by atoms with van der Waals surface area (Å²) in [5.41, 5.74) is 13.0. The summed E-state index contributed by atoms with van der Waals surface area (Å²) in [6.07, 6.45) is 0.905. The molecule has 0 fully saturated rings. The van der Waals surface area contributed by atoms with Crippen molar-refractivity contribution in [3.05, 3.63) is 107 Å². The van der Waals surface area contributed by atoms with Crippen LogP contribution in [0.15, 0.2) is 84.9 Å². The molecular formula is C30H30N2O2. The first-order valence-corrected chi connectivity index (χ1v) is 11.7. The Morgan fingerprint density at radius 3 is 1.85 bits per heavy atom. The molecule has 0 atom stereocenters. The Balaban J connectivity index is 1.87. The third-order valence-electron chi connectivity index (χ3n) is 7.20. The summed E-state index contributed by atoms with van der Waals surface area (Å²) in [5, 5.41) is 24.5. The van der Waals surface area contributed by atoms with Crippen LogP contribution in [0.1, 0.15) is 49.4 Å². The highest BCUT2D eigenvalue weighted by atomic mass is 16.3. The van der Waals surface area contributed by atoms with Crippen LogP contribution in [0.5, 0.6) is 11.5 Å². The summed E-state index contributed by atoms with van der Waals surface area (Å²) in [7, 11) is 0. The molecule has 0 heterocycles. The molecule has 4 aromatic rings. The number of nitrogens with two attached hydrogens (primary N) is 1. The molecule has 1 aliphatic carbocycles. The minimum atomic E-state index is -0.657. The topological polar surface area (TPSA) is 78.5 Å².